The Hall–Kier alpha value is -2.23. The molecule has 0 radical (unpaired) electrons. The van der Waals surface area contributed by atoms with E-state index >= 15 is 0 Å². The molecule has 2 aromatic rings. The molecule has 3 rings (SSSR count). The fourth-order valence-corrected chi connectivity index (χ4v) is 6.98. The van der Waals surface area contributed by atoms with Gasteiger partial charge >= 0.3 is 0 Å². The average molecular weight is 492 g/mol. The van der Waals surface area contributed by atoms with Crippen LogP contribution < -0.4 is 10.6 Å². The second-order valence-corrected chi connectivity index (χ2v) is 11.5. The maximum absolute atomic E-state index is 13.0. The largest absolute Gasteiger partial charge is 0.355 e. The van der Waals surface area contributed by atoms with Gasteiger partial charge < -0.3 is 10.6 Å². The third kappa shape index (κ3) is 5.47. The minimum atomic E-state index is -3.60. The highest BCUT2D eigenvalue weighted by Gasteiger charge is 2.28. The summed E-state index contributed by atoms with van der Waals surface area (Å²) in [5, 5.41) is 6.12. The molecule has 0 aliphatic heterocycles. The highest BCUT2D eigenvalue weighted by Crippen LogP contribution is 2.39. The summed E-state index contributed by atoms with van der Waals surface area (Å²) in [6.45, 7) is 6.91. The Kier molecular flexibility index (Phi) is 8.31. The second kappa shape index (κ2) is 10.8. The van der Waals surface area contributed by atoms with Gasteiger partial charge in [-0.15, -0.1) is 11.3 Å². The van der Waals surface area contributed by atoms with E-state index in [4.69, 9.17) is 0 Å². The van der Waals surface area contributed by atoms with Crippen molar-refractivity contribution in [3.63, 3.8) is 0 Å². The predicted molar refractivity (Wildman–Crippen MR) is 133 cm³/mol. The zero-order valence-electron chi connectivity index (χ0n) is 19.7. The van der Waals surface area contributed by atoms with E-state index in [9.17, 15) is 18.0 Å². The van der Waals surface area contributed by atoms with Crippen LogP contribution in [-0.2, 0) is 22.9 Å². The number of fused-ring (bicyclic) bond motifs is 1. The average Bonchev–Trinajstić information content (AvgIpc) is 3.15. The topological polar surface area (TPSA) is 95.6 Å². The first-order valence-electron chi connectivity index (χ1n) is 11.5. The molecular formula is C24H33N3O4S2. The number of rotatable bonds is 9. The van der Waals surface area contributed by atoms with E-state index in [2.05, 4.69) is 17.6 Å². The number of thiophene rings is 1. The summed E-state index contributed by atoms with van der Waals surface area (Å²) in [7, 11) is -2.02. The smallest absolute Gasteiger partial charge is 0.256 e. The fraction of sp³-hybridized carbons (Fsp3) is 0.500. The lowest BCUT2D eigenvalue weighted by Crippen LogP contribution is -2.31. The van der Waals surface area contributed by atoms with Crippen LogP contribution in [0.25, 0.3) is 0 Å². The van der Waals surface area contributed by atoms with Crippen LogP contribution >= 0.6 is 11.3 Å². The summed E-state index contributed by atoms with van der Waals surface area (Å²) in [4.78, 5) is 26.8. The van der Waals surface area contributed by atoms with Gasteiger partial charge in [-0.2, -0.15) is 4.31 Å². The standard InChI is InChI=1S/C24H33N3O4S2/c1-5-7-14-27(6-2)33(30,31)18-11-9-17(10-12-18)22(28)26-24-21(23(29)25-4)19-13-8-16(3)15-20(19)32-24/h9-12,16H,5-8,13-15H2,1-4H3,(H,25,29)(H,26,28). The van der Waals surface area contributed by atoms with Crippen molar-refractivity contribution in [3.8, 4) is 0 Å². The molecule has 7 nitrogen and oxygen atoms in total. The zero-order chi connectivity index (χ0) is 24.2. The Balaban J connectivity index is 1.82. The minimum absolute atomic E-state index is 0.170. The molecule has 1 aliphatic rings. The van der Waals surface area contributed by atoms with Crippen LogP contribution in [0.4, 0.5) is 5.00 Å². The Morgan fingerprint density at radius 2 is 1.85 bits per heavy atom. The Morgan fingerprint density at radius 3 is 2.45 bits per heavy atom. The maximum Gasteiger partial charge on any atom is 0.256 e. The number of benzene rings is 1. The summed E-state index contributed by atoms with van der Waals surface area (Å²) in [6, 6.07) is 5.98. The van der Waals surface area contributed by atoms with Crippen molar-refractivity contribution in [2.75, 3.05) is 25.5 Å². The summed E-state index contributed by atoms with van der Waals surface area (Å²) in [5.74, 6) is -0.0219. The van der Waals surface area contributed by atoms with Gasteiger partial charge in [0.15, 0.2) is 0 Å². The fourth-order valence-electron chi connectivity index (χ4n) is 4.09. The van der Waals surface area contributed by atoms with Crippen molar-refractivity contribution in [2.24, 2.45) is 5.92 Å². The highest BCUT2D eigenvalue weighted by molar-refractivity contribution is 7.89. The zero-order valence-corrected chi connectivity index (χ0v) is 21.4. The van der Waals surface area contributed by atoms with Gasteiger partial charge in [0, 0.05) is 30.6 Å². The van der Waals surface area contributed by atoms with Gasteiger partial charge in [0.1, 0.15) is 5.00 Å². The van der Waals surface area contributed by atoms with Gasteiger partial charge in [-0.3, -0.25) is 9.59 Å². The van der Waals surface area contributed by atoms with Crippen LogP contribution in [0, 0.1) is 5.92 Å². The monoisotopic (exact) mass is 491 g/mol. The first-order chi connectivity index (χ1) is 15.7. The van der Waals surface area contributed by atoms with Crippen molar-refractivity contribution in [1.29, 1.82) is 0 Å². The van der Waals surface area contributed by atoms with E-state index in [1.54, 1.807) is 7.05 Å². The van der Waals surface area contributed by atoms with Gasteiger partial charge in [-0.1, -0.05) is 27.2 Å². The normalized spacial score (nSPS) is 15.8. The molecule has 33 heavy (non-hydrogen) atoms. The maximum atomic E-state index is 13.0. The van der Waals surface area contributed by atoms with Crippen LogP contribution in [0.1, 0.15) is 71.2 Å². The number of amides is 2. The van der Waals surface area contributed by atoms with E-state index < -0.39 is 10.0 Å². The van der Waals surface area contributed by atoms with Crippen molar-refractivity contribution in [3.05, 3.63) is 45.8 Å². The van der Waals surface area contributed by atoms with E-state index in [1.807, 2.05) is 13.8 Å². The number of nitrogens with one attached hydrogen (secondary N) is 2. The molecule has 0 saturated heterocycles. The van der Waals surface area contributed by atoms with Gasteiger partial charge in [0.25, 0.3) is 11.8 Å². The predicted octanol–water partition coefficient (Wildman–Crippen LogP) is 4.30. The number of sulfonamides is 1. The van der Waals surface area contributed by atoms with Crippen LogP contribution in [0.5, 0.6) is 0 Å². The first kappa shape index (κ1) is 25.4. The van der Waals surface area contributed by atoms with Crippen molar-refractivity contribution in [1.82, 2.24) is 9.62 Å². The number of carbonyl (C=O) groups is 2. The lowest BCUT2D eigenvalue weighted by molar-refractivity contribution is 0.0963. The SMILES string of the molecule is CCCCN(CC)S(=O)(=O)c1ccc(C(=O)Nc2sc3c(c2C(=O)NC)CCC(C)C3)cc1. The molecule has 0 spiro atoms. The van der Waals surface area contributed by atoms with Gasteiger partial charge in [0.05, 0.1) is 10.5 Å². The lowest BCUT2D eigenvalue weighted by Gasteiger charge is -2.20. The second-order valence-electron chi connectivity index (χ2n) is 8.46. The third-order valence-corrected chi connectivity index (χ3v) is 9.22. The first-order valence-corrected chi connectivity index (χ1v) is 13.8. The molecule has 0 fully saturated rings. The molecule has 9 heteroatoms. The van der Waals surface area contributed by atoms with Crippen molar-refractivity contribution < 1.29 is 18.0 Å². The highest BCUT2D eigenvalue weighted by atomic mass is 32.2. The Morgan fingerprint density at radius 1 is 1.15 bits per heavy atom. The van der Waals surface area contributed by atoms with E-state index in [1.165, 1.54) is 39.9 Å². The molecule has 2 N–H and O–H groups in total. The molecule has 0 saturated carbocycles. The summed E-state index contributed by atoms with van der Waals surface area (Å²) in [5.41, 5.74) is 1.92. The van der Waals surface area contributed by atoms with Gasteiger partial charge in [0.2, 0.25) is 10.0 Å². The quantitative estimate of drug-likeness (QED) is 0.547. The summed E-state index contributed by atoms with van der Waals surface area (Å²) < 4.78 is 27.3. The minimum Gasteiger partial charge on any atom is -0.355 e. The van der Waals surface area contributed by atoms with E-state index in [0.717, 1.165) is 42.5 Å². The third-order valence-electron chi connectivity index (χ3n) is 6.06. The Labute approximate surface area is 200 Å². The molecule has 2 amide bonds. The lowest BCUT2D eigenvalue weighted by atomic mass is 9.88. The summed E-state index contributed by atoms with van der Waals surface area (Å²) in [6.07, 6.45) is 4.45. The van der Waals surface area contributed by atoms with Gasteiger partial charge in [-0.05, 0) is 61.4 Å². The van der Waals surface area contributed by atoms with Gasteiger partial charge in [-0.25, -0.2) is 8.42 Å². The number of anilines is 1. The van der Waals surface area contributed by atoms with E-state index in [-0.39, 0.29) is 16.7 Å². The molecule has 1 aliphatic carbocycles. The molecule has 1 heterocycles. The molecule has 1 aromatic heterocycles. The Bertz CT molecular complexity index is 1110. The number of carbonyl (C=O) groups excluding carboxylic acids is 2. The van der Waals surface area contributed by atoms with Crippen molar-refractivity contribution in [2.45, 2.75) is 57.8 Å². The summed E-state index contributed by atoms with van der Waals surface area (Å²) >= 11 is 1.46. The molecule has 180 valence electrons. The molecule has 0 bridgehead atoms. The van der Waals surface area contributed by atoms with E-state index in [0.29, 0.717) is 35.1 Å². The van der Waals surface area contributed by atoms with Crippen molar-refractivity contribution >= 4 is 38.2 Å². The van der Waals surface area contributed by atoms with Crippen LogP contribution in [-0.4, -0.2) is 44.7 Å². The molecule has 1 atom stereocenters. The van der Waals surface area contributed by atoms with Crippen LogP contribution in [0.2, 0.25) is 0 Å². The molecule has 1 unspecified atom stereocenters. The van der Waals surface area contributed by atoms with Crippen LogP contribution in [0.15, 0.2) is 29.2 Å². The number of unbranched alkanes of at least 4 members (excludes halogenated alkanes) is 1. The number of hydrogen-bond donors (Lipinski definition) is 2. The number of nitrogens with zero attached hydrogens (tertiary/aromatic N) is 1. The molecule has 1 aromatic carbocycles. The molecular weight excluding hydrogens is 458 g/mol. The van der Waals surface area contributed by atoms with Crippen LogP contribution in [0.3, 0.4) is 0 Å². The number of hydrogen-bond acceptors (Lipinski definition) is 5.